The number of rotatable bonds is 6. The van der Waals surface area contributed by atoms with Crippen molar-refractivity contribution < 1.29 is 4.79 Å². The van der Waals surface area contributed by atoms with Crippen LogP contribution in [0.3, 0.4) is 0 Å². The summed E-state index contributed by atoms with van der Waals surface area (Å²) in [6.45, 7) is 1.24. The maximum Gasteiger partial charge on any atom is 0.326 e. The molecule has 3 heterocycles. The van der Waals surface area contributed by atoms with Crippen molar-refractivity contribution in [2.75, 3.05) is 32.1 Å². The monoisotopic (exact) mass is 522 g/mol. The van der Waals surface area contributed by atoms with E-state index in [4.69, 9.17) is 11.6 Å². The molecule has 4 aromatic rings. The Morgan fingerprint density at radius 3 is 2.56 bits per heavy atom. The number of benzene rings is 2. The van der Waals surface area contributed by atoms with Crippen LogP contribution in [-0.4, -0.2) is 57.5 Å². The van der Waals surface area contributed by atoms with Crippen LogP contribution in [0, 0.1) is 0 Å². The largest absolute Gasteiger partial charge is 0.363 e. The van der Waals surface area contributed by atoms with Crippen molar-refractivity contribution in [1.82, 2.24) is 24.4 Å². The molecule has 1 saturated heterocycles. The lowest BCUT2D eigenvalue weighted by Gasteiger charge is -2.32. The van der Waals surface area contributed by atoms with Gasteiger partial charge in [0.1, 0.15) is 11.0 Å². The number of H-pyrrole nitrogens is 1. The molecular weight excluding hydrogens is 496 g/mol. The van der Waals surface area contributed by atoms with E-state index >= 15 is 0 Å². The highest BCUT2D eigenvalue weighted by molar-refractivity contribution is 7.98. The van der Waals surface area contributed by atoms with E-state index in [1.807, 2.05) is 77.0 Å². The van der Waals surface area contributed by atoms with Gasteiger partial charge in [-0.3, -0.25) is 9.36 Å². The summed E-state index contributed by atoms with van der Waals surface area (Å²) in [7, 11) is 3.82. The number of hydrogen-bond donors (Lipinski definition) is 1. The van der Waals surface area contributed by atoms with Gasteiger partial charge in [0, 0.05) is 50.6 Å². The number of para-hydroxylation sites is 2. The van der Waals surface area contributed by atoms with Crippen LogP contribution in [-0.2, 0) is 5.75 Å². The maximum absolute atomic E-state index is 13.1. The summed E-state index contributed by atoms with van der Waals surface area (Å²) >= 11 is 7.63. The number of carbonyl (C=O) groups is 1. The molecule has 1 fully saturated rings. The summed E-state index contributed by atoms with van der Waals surface area (Å²) in [5.74, 6) is 1.46. The molecule has 10 heteroatoms. The molecule has 186 valence electrons. The van der Waals surface area contributed by atoms with Crippen molar-refractivity contribution in [3.8, 4) is 0 Å². The molecule has 0 radical (unpaired) electrons. The standard InChI is InChI=1S/C26H27ClN6O2S/c1-31(2)23-15-22(27)29-25(30-23)36-16-17-7-9-18(10-8-17)24(34)32-13-11-19(12-14-32)33-21-6-4-3-5-20(21)28-26(33)35/h3-10,15,19H,11-14,16H2,1-2H3,(H,28,35). The lowest BCUT2D eigenvalue weighted by molar-refractivity contribution is 0.0695. The van der Waals surface area contributed by atoms with Gasteiger partial charge in [-0.25, -0.2) is 14.8 Å². The topological polar surface area (TPSA) is 87.1 Å². The SMILES string of the molecule is CN(C)c1cc(Cl)nc(SCc2ccc(C(=O)N3CCC(n4c(=O)[nH]c5ccccc54)CC3)cc2)n1. The molecule has 5 rings (SSSR count). The van der Waals surface area contributed by atoms with E-state index in [-0.39, 0.29) is 17.6 Å². The minimum atomic E-state index is -0.0875. The van der Waals surface area contributed by atoms with E-state index in [9.17, 15) is 9.59 Å². The number of nitrogens with one attached hydrogen (secondary N) is 1. The van der Waals surface area contributed by atoms with Crippen LogP contribution in [0.1, 0.15) is 34.8 Å². The number of aromatic amines is 1. The molecule has 0 aliphatic carbocycles. The highest BCUT2D eigenvalue weighted by Crippen LogP contribution is 2.27. The molecular formula is C26H27ClN6O2S. The number of carbonyl (C=O) groups excluding carboxylic acids is 1. The van der Waals surface area contributed by atoms with Gasteiger partial charge in [0.25, 0.3) is 5.91 Å². The normalized spacial score (nSPS) is 14.4. The van der Waals surface area contributed by atoms with E-state index in [0.29, 0.717) is 34.7 Å². The molecule has 0 saturated carbocycles. The number of imidazole rings is 1. The number of anilines is 1. The number of aromatic nitrogens is 4. The first-order valence-electron chi connectivity index (χ1n) is 11.8. The maximum atomic E-state index is 13.1. The van der Waals surface area contributed by atoms with Gasteiger partial charge in [0.2, 0.25) is 0 Å². The zero-order valence-electron chi connectivity index (χ0n) is 20.1. The number of likely N-dealkylation sites (tertiary alicyclic amines) is 1. The van der Waals surface area contributed by atoms with Gasteiger partial charge < -0.3 is 14.8 Å². The number of fused-ring (bicyclic) bond motifs is 1. The predicted molar refractivity (Wildman–Crippen MR) is 144 cm³/mol. The van der Waals surface area contributed by atoms with E-state index in [1.54, 1.807) is 6.07 Å². The van der Waals surface area contributed by atoms with Crippen molar-refractivity contribution in [2.24, 2.45) is 0 Å². The first-order chi connectivity index (χ1) is 17.4. The summed E-state index contributed by atoms with van der Waals surface area (Å²) < 4.78 is 1.84. The molecule has 0 spiro atoms. The van der Waals surface area contributed by atoms with Crippen LogP contribution in [0.15, 0.2) is 64.5 Å². The average molecular weight is 523 g/mol. The second-order valence-corrected chi connectivity index (χ2v) is 10.4. The summed E-state index contributed by atoms with van der Waals surface area (Å²) in [6, 6.07) is 17.2. The molecule has 0 atom stereocenters. The smallest absolute Gasteiger partial charge is 0.326 e. The van der Waals surface area contributed by atoms with Crippen LogP contribution in [0.5, 0.6) is 0 Å². The highest BCUT2D eigenvalue weighted by atomic mass is 35.5. The second kappa shape index (κ2) is 10.4. The predicted octanol–water partition coefficient (Wildman–Crippen LogP) is 4.61. The van der Waals surface area contributed by atoms with Crippen molar-refractivity contribution >= 4 is 46.1 Å². The Kier molecular flexibility index (Phi) is 7.02. The number of thioether (sulfide) groups is 1. The molecule has 1 N–H and O–H groups in total. The number of amides is 1. The second-order valence-electron chi connectivity index (χ2n) is 9.05. The molecule has 1 aliphatic heterocycles. The summed E-state index contributed by atoms with van der Waals surface area (Å²) in [4.78, 5) is 41.1. The highest BCUT2D eigenvalue weighted by Gasteiger charge is 2.26. The third-order valence-corrected chi connectivity index (χ3v) is 7.54. The first kappa shape index (κ1) is 24.4. The van der Waals surface area contributed by atoms with E-state index in [0.717, 1.165) is 35.3 Å². The number of piperidine rings is 1. The Morgan fingerprint density at radius 1 is 1.11 bits per heavy atom. The molecule has 2 aromatic heterocycles. The zero-order valence-corrected chi connectivity index (χ0v) is 21.7. The van der Waals surface area contributed by atoms with Crippen LogP contribution < -0.4 is 10.6 Å². The first-order valence-corrected chi connectivity index (χ1v) is 13.2. The quantitative estimate of drug-likeness (QED) is 0.226. The minimum Gasteiger partial charge on any atom is -0.363 e. The van der Waals surface area contributed by atoms with Gasteiger partial charge in [0.05, 0.1) is 11.0 Å². The lowest BCUT2D eigenvalue weighted by atomic mass is 10.0. The Morgan fingerprint density at radius 2 is 1.83 bits per heavy atom. The summed E-state index contributed by atoms with van der Waals surface area (Å²) in [6.07, 6.45) is 1.49. The third-order valence-electron chi connectivity index (χ3n) is 6.43. The fraction of sp³-hybridized carbons (Fsp3) is 0.308. The van der Waals surface area contributed by atoms with Crippen molar-refractivity contribution in [3.05, 3.63) is 81.4 Å². The number of hydrogen-bond acceptors (Lipinski definition) is 6. The van der Waals surface area contributed by atoms with Crippen molar-refractivity contribution in [2.45, 2.75) is 29.8 Å². The minimum absolute atomic E-state index is 0.0210. The molecule has 8 nitrogen and oxygen atoms in total. The molecule has 0 bridgehead atoms. The van der Waals surface area contributed by atoms with E-state index in [2.05, 4.69) is 15.0 Å². The molecule has 1 amide bonds. The van der Waals surface area contributed by atoms with Crippen LogP contribution in [0.2, 0.25) is 5.15 Å². The average Bonchev–Trinajstić information content (AvgIpc) is 3.22. The molecule has 1 aliphatic rings. The van der Waals surface area contributed by atoms with Crippen molar-refractivity contribution in [3.63, 3.8) is 0 Å². The van der Waals surface area contributed by atoms with Gasteiger partial charge in [-0.15, -0.1) is 0 Å². The van der Waals surface area contributed by atoms with E-state index in [1.165, 1.54) is 11.8 Å². The molecule has 2 aromatic carbocycles. The summed E-state index contributed by atoms with van der Waals surface area (Å²) in [5, 5.41) is 1.03. The van der Waals surface area contributed by atoms with Gasteiger partial charge in [-0.05, 0) is 42.7 Å². The molecule has 36 heavy (non-hydrogen) atoms. The fourth-order valence-corrected chi connectivity index (χ4v) is 5.55. The number of nitrogens with zero attached hydrogens (tertiary/aromatic N) is 5. The summed E-state index contributed by atoms with van der Waals surface area (Å²) in [5.41, 5.74) is 3.42. The van der Waals surface area contributed by atoms with Crippen LogP contribution >= 0.6 is 23.4 Å². The Hall–Kier alpha value is -3.30. The molecule has 0 unspecified atom stereocenters. The Bertz CT molecular complexity index is 1440. The Balaban J connectivity index is 1.19. The lowest BCUT2D eigenvalue weighted by Crippen LogP contribution is -2.40. The number of halogens is 1. The van der Waals surface area contributed by atoms with Gasteiger partial charge in [-0.2, -0.15) is 0 Å². The van der Waals surface area contributed by atoms with Crippen molar-refractivity contribution in [1.29, 1.82) is 0 Å². The van der Waals surface area contributed by atoms with E-state index < -0.39 is 0 Å². The van der Waals surface area contributed by atoms with Crippen LogP contribution in [0.25, 0.3) is 11.0 Å². The third kappa shape index (κ3) is 5.12. The van der Waals surface area contributed by atoms with Gasteiger partial charge in [-0.1, -0.05) is 47.6 Å². The fourth-order valence-electron chi connectivity index (χ4n) is 4.52. The zero-order chi connectivity index (χ0) is 25.2. The van der Waals surface area contributed by atoms with Gasteiger partial charge in [0.15, 0.2) is 5.16 Å². The van der Waals surface area contributed by atoms with Crippen LogP contribution in [0.4, 0.5) is 5.82 Å². The Labute approximate surface area is 218 Å². The van der Waals surface area contributed by atoms with Gasteiger partial charge >= 0.3 is 5.69 Å².